The van der Waals surface area contributed by atoms with Gasteiger partial charge in [0.05, 0.1) is 10.6 Å². The second kappa shape index (κ2) is 8.82. The highest BCUT2D eigenvalue weighted by Crippen LogP contribution is 2.30. The van der Waals surface area contributed by atoms with Crippen LogP contribution in [0.3, 0.4) is 0 Å². The van der Waals surface area contributed by atoms with Crippen molar-refractivity contribution in [3.05, 3.63) is 82.1 Å². The number of furan rings is 1. The first kappa shape index (κ1) is 22.7. The molecule has 0 atom stereocenters. The summed E-state index contributed by atoms with van der Waals surface area (Å²) in [4.78, 5) is 15.0. The fourth-order valence-electron chi connectivity index (χ4n) is 3.79. The molecule has 0 saturated carbocycles. The molecule has 1 heterocycles. The fourth-order valence-corrected chi connectivity index (χ4v) is 4.62. The number of hydrazone groups is 1. The van der Waals surface area contributed by atoms with E-state index in [0.717, 1.165) is 23.3 Å². The second-order valence-corrected chi connectivity index (χ2v) is 9.73. The third kappa shape index (κ3) is 4.68. The van der Waals surface area contributed by atoms with Crippen molar-refractivity contribution in [3.63, 3.8) is 0 Å². The van der Waals surface area contributed by atoms with Crippen LogP contribution in [-0.4, -0.2) is 20.0 Å². The Hall–Kier alpha value is -3.46. The van der Waals surface area contributed by atoms with Gasteiger partial charge in [0.2, 0.25) is 0 Å². The number of amides is 1. The van der Waals surface area contributed by atoms with Crippen LogP contribution in [0.4, 0.5) is 10.1 Å². The van der Waals surface area contributed by atoms with Crippen molar-refractivity contribution in [2.45, 2.75) is 44.9 Å². The first-order valence-corrected chi connectivity index (χ1v) is 12.0. The van der Waals surface area contributed by atoms with Gasteiger partial charge in [0.1, 0.15) is 11.6 Å². The molecule has 0 spiro atoms. The number of hydrogen-bond donors (Lipinski definition) is 2. The molecule has 9 heteroatoms. The molecule has 1 aliphatic carbocycles. The van der Waals surface area contributed by atoms with Crippen molar-refractivity contribution < 1.29 is 22.0 Å². The Balaban J connectivity index is 1.60. The lowest BCUT2D eigenvalue weighted by molar-refractivity contribution is 0.0994. The molecule has 3 aromatic rings. The molecule has 0 unspecified atom stereocenters. The van der Waals surface area contributed by atoms with E-state index in [0.29, 0.717) is 47.5 Å². The zero-order chi connectivity index (χ0) is 23.8. The Kier molecular flexibility index (Phi) is 6.07. The van der Waals surface area contributed by atoms with Crippen molar-refractivity contribution in [1.82, 2.24) is 4.83 Å². The molecule has 0 radical (unpaired) electrons. The van der Waals surface area contributed by atoms with Gasteiger partial charge in [0, 0.05) is 23.2 Å². The molecule has 1 amide bonds. The van der Waals surface area contributed by atoms with Crippen LogP contribution < -0.4 is 10.1 Å². The second-order valence-electron chi connectivity index (χ2n) is 8.07. The van der Waals surface area contributed by atoms with E-state index < -0.39 is 15.8 Å². The third-order valence-electron chi connectivity index (χ3n) is 5.72. The van der Waals surface area contributed by atoms with E-state index in [1.54, 1.807) is 6.92 Å². The van der Waals surface area contributed by atoms with E-state index in [-0.39, 0.29) is 16.6 Å². The molecule has 0 saturated heterocycles. The van der Waals surface area contributed by atoms with Gasteiger partial charge in [-0.2, -0.15) is 18.4 Å². The lowest BCUT2D eigenvalue weighted by Gasteiger charge is -2.14. The zero-order valence-corrected chi connectivity index (χ0v) is 19.3. The Labute approximate surface area is 191 Å². The number of aryl methyl sites for hydroxylation is 3. The molecule has 1 aliphatic rings. The summed E-state index contributed by atoms with van der Waals surface area (Å²) < 4.78 is 44.0. The number of fused-ring (bicyclic) bond motifs is 1. The van der Waals surface area contributed by atoms with E-state index in [4.69, 9.17) is 4.42 Å². The fraction of sp³-hybridized carbons (Fsp3) is 0.250. The largest absolute Gasteiger partial charge is 0.455 e. The molecule has 0 aliphatic heterocycles. The maximum absolute atomic E-state index is 13.1. The van der Waals surface area contributed by atoms with Gasteiger partial charge in [-0.25, -0.2) is 4.39 Å². The maximum atomic E-state index is 13.1. The van der Waals surface area contributed by atoms with Gasteiger partial charge in [0.15, 0.2) is 5.76 Å². The highest BCUT2D eigenvalue weighted by molar-refractivity contribution is 7.89. The molecule has 4 rings (SSSR count). The number of hydrogen-bond acceptors (Lipinski definition) is 5. The van der Waals surface area contributed by atoms with Crippen molar-refractivity contribution in [3.8, 4) is 0 Å². The first-order chi connectivity index (χ1) is 15.7. The van der Waals surface area contributed by atoms with Crippen LogP contribution in [-0.2, 0) is 16.4 Å². The molecule has 0 fully saturated rings. The van der Waals surface area contributed by atoms with E-state index in [2.05, 4.69) is 15.2 Å². The van der Waals surface area contributed by atoms with Gasteiger partial charge in [-0.1, -0.05) is 6.07 Å². The summed E-state index contributed by atoms with van der Waals surface area (Å²) in [6, 6.07) is 10.1. The molecule has 1 aromatic heterocycles. The molecular weight excluding hydrogens is 445 g/mol. The number of anilines is 1. The minimum absolute atomic E-state index is 0.0957. The predicted molar refractivity (Wildman–Crippen MR) is 124 cm³/mol. The number of carbonyl (C=O) groups excluding carboxylic acids is 1. The molecule has 172 valence electrons. The van der Waals surface area contributed by atoms with Crippen LogP contribution >= 0.6 is 0 Å². The number of nitrogens with zero attached hydrogens (tertiary/aromatic N) is 1. The Morgan fingerprint density at radius 1 is 1.03 bits per heavy atom. The van der Waals surface area contributed by atoms with Crippen LogP contribution in [0.1, 0.15) is 51.4 Å². The molecular formula is C24H24FN3O4S. The van der Waals surface area contributed by atoms with E-state index in [1.807, 2.05) is 32.0 Å². The molecule has 7 nitrogen and oxygen atoms in total. The lowest BCUT2D eigenvalue weighted by Crippen LogP contribution is -2.22. The molecule has 0 bridgehead atoms. The van der Waals surface area contributed by atoms with Gasteiger partial charge >= 0.3 is 0 Å². The van der Waals surface area contributed by atoms with Crippen LogP contribution in [0.15, 0.2) is 56.9 Å². The molecule has 2 N–H and O–H groups in total. The normalized spacial score (nSPS) is 14.7. The summed E-state index contributed by atoms with van der Waals surface area (Å²) >= 11 is 0. The van der Waals surface area contributed by atoms with Gasteiger partial charge in [-0.05, 0) is 81.1 Å². The third-order valence-corrected chi connectivity index (χ3v) is 6.95. The smallest absolute Gasteiger partial charge is 0.291 e. The summed E-state index contributed by atoms with van der Waals surface area (Å²) in [5.41, 5.74) is 4.60. The summed E-state index contributed by atoms with van der Waals surface area (Å²) in [7, 11) is -3.96. The highest BCUT2D eigenvalue weighted by atomic mass is 32.2. The molecule has 2 aromatic carbocycles. The van der Waals surface area contributed by atoms with Crippen LogP contribution in [0.2, 0.25) is 0 Å². The summed E-state index contributed by atoms with van der Waals surface area (Å²) in [6.45, 7) is 5.72. The van der Waals surface area contributed by atoms with Crippen LogP contribution in [0, 0.1) is 26.6 Å². The number of rotatable bonds is 5. The predicted octanol–water partition coefficient (Wildman–Crippen LogP) is 4.62. The highest BCUT2D eigenvalue weighted by Gasteiger charge is 2.28. The zero-order valence-electron chi connectivity index (χ0n) is 18.5. The Morgan fingerprint density at radius 2 is 1.76 bits per heavy atom. The number of sulfonamides is 1. The number of carbonyl (C=O) groups is 1. The monoisotopic (exact) mass is 469 g/mol. The summed E-state index contributed by atoms with van der Waals surface area (Å²) in [6.07, 6.45) is 1.85. The minimum atomic E-state index is -3.96. The van der Waals surface area contributed by atoms with E-state index >= 15 is 0 Å². The van der Waals surface area contributed by atoms with Gasteiger partial charge in [-0.15, -0.1) is 0 Å². The van der Waals surface area contributed by atoms with Crippen molar-refractivity contribution >= 4 is 27.3 Å². The topological polar surface area (TPSA) is 101 Å². The lowest BCUT2D eigenvalue weighted by atomic mass is 9.93. The van der Waals surface area contributed by atoms with E-state index in [9.17, 15) is 17.6 Å². The summed E-state index contributed by atoms with van der Waals surface area (Å²) in [5, 5.41) is 6.99. The quantitative estimate of drug-likeness (QED) is 0.533. The number of benzene rings is 2. The average molecular weight is 470 g/mol. The van der Waals surface area contributed by atoms with Gasteiger partial charge < -0.3 is 9.73 Å². The van der Waals surface area contributed by atoms with Crippen molar-refractivity contribution in [1.29, 1.82) is 0 Å². The SMILES string of the molecule is Cc1ccc(NC(=O)c2oc3c(c2C)/C(=N/NS(=O)(=O)c2ccc(F)cc2)CCC3)cc1C. The van der Waals surface area contributed by atoms with Gasteiger partial charge in [-0.3, -0.25) is 4.79 Å². The van der Waals surface area contributed by atoms with Gasteiger partial charge in [0.25, 0.3) is 15.9 Å². The minimum Gasteiger partial charge on any atom is -0.455 e. The van der Waals surface area contributed by atoms with Crippen molar-refractivity contribution in [2.24, 2.45) is 5.10 Å². The Bertz CT molecular complexity index is 1360. The maximum Gasteiger partial charge on any atom is 0.291 e. The number of halogens is 1. The molecule has 33 heavy (non-hydrogen) atoms. The summed E-state index contributed by atoms with van der Waals surface area (Å²) in [5.74, 6) is -0.132. The average Bonchev–Trinajstić information content (AvgIpc) is 3.12. The first-order valence-electron chi connectivity index (χ1n) is 10.5. The number of nitrogens with one attached hydrogen (secondary N) is 2. The van der Waals surface area contributed by atoms with E-state index in [1.165, 1.54) is 12.1 Å². The van der Waals surface area contributed by atoms with Crippen LogP contribution in [0.5, 0.6) is 0 Å². The Morgan fingerprint density at radius 3 is 2.45 bits per heavy atom. The van der Waals surface area contributed by atoms with Crippen LogP contribution in [0.25, 0.3) is 0 Å². The standard InChI is InChI=1S/C24H24FN3O4S/c1-14-7-10-18(13-15(14)2)26-24(29)23-16(3)22-20(5-4-6-21(22)32-23)27-28-33(30,31)19-11-8-17(25)9-12-19/h7-13,28H,4-6H2,1-3H3,(H,26,29)/b27-20+. The van der Waals surface area contributed by atoms with Crippen molar-refractivity contribution in [2.75, 3.05) is 5.32 Å².